The Bertz CT molecular complexity index is 1390. The van der Waals surface area contributed by atoms with Gasteiger partial charge >= 0.3 is 0 Å². The number of anilines is 1. The minimum Gasteiger partial charge on any atom is -0.358 e. The number of halogens is 2. The smallest absolute Gasteiger partial charge is 0.152 e. The van der Waals surface area contributed by atoms with Crippen molar-refractivity contribution in [3.63, 3.8) is 0 Å². The van der Waals surface area contributed by atoms with E-state index in [1.807, 2.05) is 24.4 Å². The van der Waals surface area contributed by atoms with E-state index in [1.165, 1.54) is 22.5 Å². The molecule has 4 aromatic rings. The number of piperidine rings is 1. The Morgan fingerprint density at radius 2 is 1.88 bits per heavy atom. The lowest BCUT2D eigenvalue weighted by Gasteiger charge is -2.43. The lowest BCUT2D eigenvalue weighted by atomic mass is 9.73. The van der Waals surface area contributed by atoms with E-state index in [4.69, 9.17) is 33.9 Å². The second-order valence-corrected chi connectivity index (χ2v) is 11.3. The highest BCUT2D eigenvalue weighted by Crippen LogP contribution is 2.51. The molecule has 2 N–H and O–H groups in total. The number of aromatic nitrogens is 2. The average molecular weight is 510 g/mol. The fourth-order valence-electron chi connectivity index (χ4n) is 5.69. The van der Waals surface area contributed by atoms with Crippen LogP contribution in [0.4, 0.5) is 5.82 Å². The van der Waals surface area contributed by atoms with E-state index in [2.05, 4.69) is 52.8 Å². The molecular formula is C27H26Cl2N4S. The van der Waals surface area contributed by atoms with Gasteiger partial charge in [0, 0.05) is 36.4 Å². The second kappa shape index (κ2) is 8.49. The molecule has 3 heterocycles. The highest BCUT2D eigenvalue weighted by Gasteiger charge is 2.46. The van der Waals surface area contributed by atoms with E-state index < -0.39 is 0 Å². The summed E-state index contributed by atoms with van der Waals surface area (Å²) in [5, 5.41) is 1.15. The van der Waals surface area contributed by atoms with E-state index in [9.17, 15) is 0 Å². The van der Waals surface area contributed by atoms with Gasteiger partial charge in [-0.25, -0.2) is 4.98 Å². The highest BCUT2D eigenvalue weighted by atomic mass is 35.5. The van der Waals surface area contributed by atoms with E-state index in [1.54, 1.807) is 11.8 Å². The minimum absolute atomic E-state index is 0.127. The van der Waals surface area contributed by atoms with Crippen LogP contribution in [0.3, 0.4) is 0 Å². The maximum Gasteiger partial charge on any atom is 0.152 e. The molecule has 0 radical (unpaired) electrons. The zero-order chi connectivity index (χ0) is 23.4. The quantitative estimate of drug-likeness (QED) is 0.325. The standard InChI is InChI=1S/C27H26Cl2N4S/c1-17-15-22(32-12-9-27(10-13-32)16-18-5-2-3-6-19(18)25(27)30)33-14-11-31-26(33)24(17)34-21-8-4-7-20(28)23(21)29/h2-8,11,14-15,25H,9-10,12-13,16,30H2,1H3. The summed E-state index contributed by atoms with van der Waals surface area (Å²) in [6.45, 7) is 4.12. The molecule has 1 aliphatic carbocycles. The summed E-state index contributed by atoms with van der Waals surface area (Å²) in [5.74, 6) is 1.19. The average Bonchev–Trinajstić information content (AvgIpc) is 3.43. The Kier molecular flexibility index (Phi) is 5.57. The van der Waals surface area contributed by atoms with E-state index in [0.717, 1.165) is 47.8 Å². The van der Waals surface area contributed by atoms with E-state index in [0.29, 0.717) is 10.0 Å². The summed E-state index contributed by atoms with van der Waals surface area (Å²) in [5.41, 5.74) is 11.9. The van der Waals surface area contributed by atoms with Crippen molar-refractivity contribution in [2.24, 2.45) is 11.1 Å². The molecule has 1 saturated heterocycles. The van der Waals surface area contributed by atoms with Gasteiger partial charge in [-0.3, -0.25) is 4.40 Å². The number of fused-ring (bicyclic) bond motifs is 2. The number of aryl methyl sites for hydroxylation is 1. The van der Waals surface area contributed by atoms with Crippen LogP contribution in [0.25, 0.3) is 5.65 Å². The Labute approximate surface area is 214 Å². The maximum atomic E-state index is 6.80. The largest absolute Gasteiger partial charge is 0.358 e. The number of benzene rings is 2. The second-order valence-electron chi connectivity index (χ2n) is 9.49. The SMILES string of the molecule is Cc1cc(N2CCC3(CC2)Cc2ccccc2C3N)n2ccnc2c1Sc1cccc(Cl)c1Cl. The Hall–Kier alpha value is -2.18. The molecule has 2 aromatic heterocycles. The first-order chi connectivity index (χ1) is 16.5. The third-order valence-electron chi connectivity index (χ3n) is 7.60. The molecule has 1 aliphatic heterocycles. The van der Waals surface area contributed by atoms with Crippen molar-refractivity contribution in [2.75, 3.05) is 18.0 Å². The van der Waals surface area contributed by atoms with Crippen LogP contribution in [0.1, 0.15) is 35.6 Å². The Morgan fingerprint density at radius 1 is 1.09 bits per heavy atom. The maximum absolute atomic E-state index is 6.80. The van der Waals surface area contributed by atoms with Gasteiger partial charge in [0.2, 0.25) is 0 Å². The van der Waals surface area contributed by atoms with Crippen molar-refractivity contribution in [3.8, 4) is 0 Å². The lowest BCUT2D eigenvalue weighted by Crippen LogP contribution is -2.44. The van der Waals surface area contributed by atoms with Gasteiger partial charge in [0.15, 0.2) is 5.65 Å². The molecule has 1 unspecified atom stereocenters. The molecule has 34 heavy (non-hydrogen) atoms. The van der Waals surface area contributed by atoms with Crippen molar-refractivity contribution >= 4 is 46.4 Å². The predicted molar refractivity (Wildman–Crippen MR) is 141 cm³/mol. The van der Waals surface area contributed by atoms with E-state index in [-0.39, 0.29) is 11.5 Å². The molecule has 7 heteroatoms. The highest BCUT2D eigenvalue weighted by molar-refractivity contribution is 7.99. The minimum atomic E-state index is 0.127. The van der Waals surface area contributed by atoms with Gasteiger partial charge in [-0.1, -0.05) is 65.3 Å². The third-order valence-corrected chi connectivity index (χ3v) is 9.80. The predicted octanol–water partition coefficient (Wildman–Crippen LogP) is 6.94. The fraction of sp³-hybridized carbons (Fsp3) is 0.296. The topological polar surface area (TPSA) is 46.6 Å². The zero-order valence-corrected chi connectivity index (χ0v) is 21.3. The molecule has 1 fully saturated rings. The van der Waals surface area contributed by atoms with Gasteiger partial charge in [-0.05, 0) is 66.5 Å². The van der Waals surface area contributed by atoms with Crippen molar-refractivity contribution in [1.29, 1.82) is 0 Å². The summed E-state index contributed by atoms with van der Waals surface area (Å²) in [7, 11) is 0. The number of hydrogen-bond acceptors (Lipinski definition) is 4. The fourth-order valence-corrected chi connectivity index (χ4v) is 7.19. The van der Waals surface area contributed by atoms with Gasteiger partial charge in [0.05, 0.1) is 14.9 Å². The lowest BCUT2D eigenvalue weighted by molar-refractivity contribution is 0.187. The van der Waals surface area contributed by atoms with Crippen LogP contribution in [0.2, 0.25) is 10.0 Å². The summed E-state index contributed by atoms with van der Waals surface area (Å²) in [6.07, 6.45) is 7.19. The van der Waals surface area contributed by atoms with E-state index >= 15 is 0 Å². The molecule has 1 spiro atoms. The monoisotopic (exact) mass is 508 g/mol. The molecule has 0 saturated carbocycles. The van der Waals surface area contributed by atoms with Crippen LogP contribution in [0, 0.1) is 12.3 Å². The first kappa shape index (κ1) is 22.3. The van der Waals surface area contributed by atoms with Crippen LogP contribution in [0.5, 0.6) is 0 Å². The van der Waals surface area contributed by atoms with Gasteiger partial charge < -0.3 is 10.6 Å². The van der Waals surface area contributed by atoms with Crippen molar-refractivity contribution in [1.82, 2.24) is 9.38 Å². The number of rotatable bonds is 3. The number of nitrogens with two attached hydrogens (primary N) is 1. The molecule has 1 atom stereocenters. The van der Waals surface area contributed by atoms with Gasteiger partial charge in [-0.15, -0.1) is 0 Å². The Balaban J connectivity index is 1.29. The normalized spacial score (nSPS) is 19.2. The summed E-state index contributed by atoms with van der Waals surface area (Å²) < 4.78 is 2.20. The summed E-state index contributed by atoms with van der Waals surface area (Å²) in [6, 6.07) is 16.8. The molecular weight excluding hydrogens is 483 g/mol. The third kappa shape index (κ3) is 3.53. The number of imidazole rings is 1. The summed E-state index contributed by atoms with van der Waals surface area (Å²) >= 11 is 14.4. The van der Waals surface area contributed by atoms with Crippen molar-refractivity contribution in [3.05, 3.63) is 87.7 Å². The number of nitrogens with zero attached hydrogens (tertiary/aromatic N) is 3. The molecule has 2 aliphatic rings. The molecule has 174 valence electrons. The molecule has 0 amide bonds. The van der Waals surface area contributed by atoms with Crippen molar-refractivity contribution < 1.29 is 0 Å². The zero-order valence-electron chi connectivity index (χ0n) is 19.0. The molecule has 4 nitrogen and oxygen atoms in total. The van der Waals surface area contributed by atoms with Crippen LogP contribution < -0.4 is 10.6 Å². The van der Waals surface area contributed by atoms with Crippen LogP contribution in [0.15, 0.2) is 70.7 Å². The molecule has 0 bridgehead atoms. The van der Waals surface area contributed by atoms with Crippen molar-refractivity contribution in [2.45, 2.75) is 42.0 Å². The van der Waals surface area contributed by atoms with Crippen LogP contribution in [-0.4, -0.2) is 22.5 Å². The van der Waals surface area contributed by atoms with Gasteiger partial charge in [-0.2, -0.15) is 0 Å². The molecule has 2 aromatic carbocycles. The number of pyridine rings is 1. The number of hydrogen-bond donors (Lipinski definition) is 1. The van der Waals surface area contributed by atoms with Gasteiger partial charge in [0.1, 0.15) is 5.82 Å². The van der Waals surface area contributed by atoms with Crippen LogP contribution in [-0.2, 0) is 6.42 Å². The van der Waals surface area contributed by atoms with Gasteiger partial charge in [0.25, 0.3) is 0 Å². The Morgan fingerprint density at radius 3 is 2.68 bits per heavy atom. The summed E-state index contributed by atoms with van der Waals surface area (Å²) in [4.78, 5) is 9.23. The van der Waals surface area contributed by atoms with Crippen LogP contribution >= 0.6 is 35.0 Å². The molecule has 6 rings (SSSR count). The first-order valence-corrected chi connectivity index (χ1v) is 13.2. The first-order valence-electron chi connectivity index (χ1n) is 11.6.